The molecule has 1 heterocycles. The Bertz CT molecular complexity index is 1050. The number of carbonyl (C=O) groups is 1. The van der Waals surface area contributed by atoms with Gasteiger partial charge in [0, 0.05) is 0 Å². The molecule has 1 amide bonds. The summed E-state index contributed by atoms with van der Waals surface area (Å²) < 4.78 is 32.4. The number of halogens is 2. The minimum absolute atomic E-state index is 0.0555. The first-order valence-electron chi connectivity index (χ1n) is 8.20. The number of hydrogen-bond acceptors (Lipinski definition) is 4. The van der Waals surface area contributed by atoms with E-state index in [9.17, 15) is 13.2 Å². The number of sulfonamides is 1. The summed E-state index contributed by atoms with van der Waals surface area (Å²) in [6.45, 7) is -0.289. The highest BCUT2D eigenvalue weighted by molar-refractivity contribution is 7.92. The van der Waals surface area contributed by atoms with Crippen LogP contribution in [0, 0.1) is 0 Å². The maximum Gasteiger partial charge on any atom is 0.264 e. The lowest BCUT2D eigenvalue weighted by molar-refractivity contribution is -0.119. The molecule has 0 atom stereocenters. The van der Waals surface area contributed by atoms with E-state index in [2.05, 4.69) is 5.32 Å². The summed E-state index contributed by atoms with van der Waals surface area (Å²) in [5.74, 6) is 0.0577. The van der Waals surface area contributed by atoms with Crippen LogP contribution in [0.3, 0.4) is 0 Å². The Morgan fingerprint density at radius 3 is 2.39 bits per heavy atom. The van der Waals surface area contributed by atoms with Gasteiger partial charge >= 0.3 is 0 Å². The standard InChI is InChI=1S/C19H16Cl2N2O4S/c20-17-9-8-14(11-18(17)21)23(28(25,26)16-6-2-1-3-7-16)13-19(24)22-12-15-5-4-10-27-15/h1-11H,12-13H2,(H,22,24). The Morgan fingerprint density at radius 2 is 1.75 bits per heavy atom. The number of rotatable bonds is 7. The molecule has 146 valence electrons. The maximum atomic E-state index is 13.1. The molecular formula is C19H16Cl2N2O4S. The third-order valence-corrected chi connectivity index (χ3v) is 6.38. The van der Waals surface area contributed by atoms with Crippen molar-refractivity contribution in [2.45, 2.75) is 11.4 Å². The number of amides is 1. The summed E-state index contributed by atoms with van der Waals surface area (Å²) in [6, 6.07) is 15.6. The molecule has 1 aromatic heterocycles. The van der Waals surface area contributed by atoms with Gasteiger partial charge in [-0.3, -0.25) is 9.10 Å². The molecule has 3 aromatic rings. The van der Waals surface area contributed by atoms with Gasteiger partial charge in [-0.2, -0.15) is 0 Å². The van der Waals surface area contributed by atoms with Crippen LogP contribution >= 0.6 is 23.2 Å². The van der Waals surface area contributed by atoms with Crippen molar-refractivity contribution in [3.63, 3.8) is 0 Å². The van der Waals surface area contributed by atoms with Crippen LogP contribution in [0.15, 0.2) is 76.2 Å². The number of hydrogen-bond donors (Lipinski definition) is 1. The summed E-state index contributed by atoms with van der Waals surface area (Å²) in [7, 11) is -4.00. The second-order valence-corrected chi connectivity index (χ2v) is 8.46. The van der Waals surface area contributed by atoms with Crippen molar-refractivity contribution in [2.24, 2.45) is 0 Å². The molecule has 0 saturated carbocycles. The SMILES string of the molecule is O=C(CN(c1ccc(Cl)c(Cl)c1)S(=O)(=O)c1ccccc1)NCc1ccco1. The van der Waals surface area contributed by atoms with E-state index in [4.69, 9.17) is 27.6 Å². The Balaban J connectivity index is 1.90. The number of nitrogens with zero attached hydrogens (tertiary/aromatic N) is 1. The predicted molar refractivity (Wildman–Crippen MR) is 108 cm³/mol. The van der Waals surface area contributed by atoms with Gasteiger partial charge in [-0.25, -0.2) is 8.42 Å². The molecule has 1 N–H and O–H groups in total. The fraction of sp³-hybridized carbons (Fsp3) is 0.105. The van der Waals surface area contributed by atoms with E-state index in [0.717, 1.165) is 4.31 Å². The van der Waals surface area contributed by atoms with Crippen LogP contribution in [-0.4, -0.2) is 20.9 Å². The summed E-state index contributed by atoms with van der Waals surface area (Å²) in [5.41, 5.74) is 0.228. The van der Waals surface area contributed by atoms with E-state index in [1.807, 2.05) is 0 Å². The molecular weight excluding hydrogens is 423 g/mol. The molecule has 3 rings (SSSR count). The van der Waals surface area contributed by atoms with Gasteiger partial charge in [0.2, 0.25) is 5.91 Å². The predicted octanol–water partition coefficient (Wildman–Crippen LogP) is 4.10. The third-order valence-electron chi connectivity index (χ3n) is 3.85. The Kier molecular flexibility index (Phi) is 6.28. The highest BCUT2D eigenvalue weighted by atomic mass is 35.5. The Hall–Kier alpha value is -2.48. The maximum absolute atomic E-state index is 13.1. The van der Waals surface area contributed by atoms with Crippen LogP contribution in [0.25, 0.3) is 0 Å². The average Bonchev–Trinajstić information content (AvgIpc) is 3.21. The second-order valence-electron chi connectivity index (χ2n) is 5.78. The van der Waals surface area contributed by atoms with Gasteiger partial charge in [-0.15, -0.1) is 0 Å². The Morgan fingerprint density at radius 1 is 1.00 bits per heavy atom. The van der Waals surface area contributed by atoms with Gasteiger partial charge in [0.25, 0.3) is 10.0 Å². The van der Waals surface area contributed by atoms with Gasteiger partial charge in [-0.05, 0) is 42.5 Å². The number of benzene rings is 2. The topological polar surface area (TPSA) is 79.6 Å². The molecule has 0 aliphatic carbocycles. The van der Waals surface area contributed by atoms with Gasteiger partial charge in [0.05, 0.1) is 33.4 Å². The number of carbonyl (C=O) groups excluding carboxylic acids is 1. The largest absolute Gasteiger partial charge is 0.467 e. The number of anilines is 1. The summed E-state index contributed by atoms with van der Waals surface area (Å²) in [5, 5.41) is 3.10. The van der Waals surface area contributed by atoms with Crippen LogP contribution in [0.5, 0.6) is 0 Å². The molecule has 0 aliphatic rings. The van der Waals surface area contributed by atoms with Crippen molar-refractivity contribution in [2.75, 3.05) is 10.8 Å². The van der Waals surface area contributed by atoms with Crippen LogP contribution in [0.2, 0.25) is 10.0 Å². The van der Waals surface area contributed by atoms with Crippen LogP contribution in [0.4, 0.5) is 5.69 Å². The van der Waals surface area contributed by atoms with Gasteiger partial charge in [-0.1, -0.05) is 41.4 Å². The Labute approximate surface area is 172 Å². The molecule has 0 unspecified atom stereocenters. The summed E-state index contributed by atoms with van der Waals surface area (Å²) >= 11 is 12.0. The van der Waals surface area contributed by atoms with E-state index in [1.165, 1.54) is 36.6 Å². The second kappa shape index (κ2) is 8.68. The molecule has 9 heteroatoms. The first kappa shape index (κ1) is 20.3. The normalized spacial score (nSPS) is 11.2. The molecule has 0 bridgehead atoms. The van der Waals surface area contributed by atoms with Crippen molar-refractivity contribution < 1.29 is 17.6 Å². The van der Waals surface area contributed by atoms with Crippen LogP contribution in [0.1, 0.15) is 5.76 Å². The van der Waals surface area contributed by atoms with Crippen molar-refractivity contribution in [3.05, 3.63) is 82.7 Å². The first-order chi connectivity index (χ1) is 13.4. The highest BCUT2D eigenvalue weighted by Crippen LogP contribution is 2.30. The molecule has 0 fully saturated rings. The van der Waals surface area contributed by atoms with E-state index in [-0.39, 0.29) is 27.2 Å². The lowest BCUT2D eigenvalue weighted by Gasteiger charge is -2.24. The third kappa shape index (κ3) is 4.67. The molecule has 0 radical (unpaired) electrons. The van der Waals surface area contributed by atoms with Crippen LogP contribution in [-0.2, 0) is 21.4 Å². The zero-order chi connectivity index (χ0) is 20.1. The lowest BCUT2D eigenvalue weighted by atomic mass is 10.3. The molecule has 0 saturated heterocycles. The van der Waals surface area contributed by atoms with Crippen molar-refractivity contribution >= 4 is 44.8 Å². The number of furan rings is 1. The van der Waals surface area contributed by atoms with E-state index >= 15 is 0 Å². The average molecular weight is 439 g/mol. The fourth-order valence-electron chi connectivity index (χ4n) is 2.46. The lowest BCUT2D eigenvalue weighted by Crippen LogP contribution is -2.40. The van der Waals surface area contributed by atoms with Gasteiger partial charge in [0.1, 0.15) is 12.3 Å². The minimum atomic E-state index is -4.00. The highest BCUT2D eigenvalue weighted by Gasteiger charge is 2.27. The number of nitrogens with one attached hydrogen (secondary N) is 1. The summed E-state index contributed by atoms with van der Waals surface area (Å²) in [4.78, 5) is 12.5. The summed E-state index contributed by atoms with van der Waals surface area (Å²) in [6.07, 6.45) is 1.49. The van der Waals surface area contributed by atoms with Gasteiger partial charge in [0.15, 0.2) is 0 Å². The van der Waals surface area contributed by atoms with Crippen molar-refractivity contribution in [1.29, 1.82) is 0 Å². The van der Waals surface area contributed by atoms with E-state index in [0.29, 0.717) is 5.76 Å². The molecule has 2 aromatic carbocycles. The van der Waals surface area contributed by atoms with Crippen LogP contribution < -0.4 is 9.62 Å². The quantitative estimate of drug-likeness (QED) is 0.601. The molecule has 0 spiro atoms. The fourth-order valence-corrected chi connectivity index (χ4v) is 4.19. The first-order valence-corrected chi connectivity index (χ1v) is 10.4. The molecule has 0 aliphatic heterocycles. The molecule has 6 nitrogen and oxygen atoms in total. The zero-order valence-electron chi connectivity index (χ0n) is 14.5. The van der Waals surface area contributed by atoms with E-state index in [1.54, 1.807) is 30.3 Å². The molecule has 28 heavy (non-hydrogen) atoms. The van der Waals surface area contributed by atoms with Crippen molar-refractivity contribution in [3.8, 4) is 0 Å². The zero-order valence-corrected chi connectivity index (χ0v) is 16.8. The van der Waals surface area contributed by atoms with Crippen molar-refractivity contribution in [1.82, 2.24) is 5.32 Å². The minimum Gasteiger partial charge on any atom is -0.467 e. The smallest absolute Gasteiger partial charge is 0.264 e. The van der Waals surface area contributed by atoms with Gasteiger partial charge < -0.3 is 9.73 Å². The monoisotopic (exact) mass is 438 g/mol. The van der Waals surface area contributed by atoms with E-state index < -0.39 is 22.5 Å².